The van der Waals surface area contributed by atoms with Gasteiger partial charge in [-0.3, -0.25) is 9.89 Å². The van der Waals surface area contributed by atoms with E-state index in [-0.39, 0.29) is 0 Å². The van der Waals surface area contributed by atoms with Gasteiger partial charge in [-0.25, -0.2) is 0 Å². The smallest absolute Gasteiger partial charge is 0.194 e. The van der Waals surface area contributed by atoms with Crippen molar-refractivity contribution in [1.82, 2.24) is 20.3 Å². The first-order valence-electron chi connectivity index (χ1n) is 10.1. The fourth-order valence-electron chi connectivity index (χ4n) is 3.26. The predicted octanol–water partition coefficient (Wildman–Crippen LogP) is 2.01. The molecule has 29 heavy (non-hydrogen) atoms. The molecule has 3 rings (SSSR count). The third-order valence-electron chi connectivity index (χ3n) is 4.79. The van der Waals surface area contributed by atoms with E-state index < -0.39 is 0 Å². The Hall–Kier alpha value is -2.98. The molecule has 1 N–H and O–H groups in total. The minimum absolute atomic E-state index is 0.293. The number of terminal acetylenes is 1. The number of aromatic nitrogens is 1. The maximum Gasteiger partial charge on any atom is 0.194 e. The number of nitrogens with one attached hydrogen (secondary N) is 1. The van der Waals surface area contributed by atoms with Gasteiger partial charge in [0, 0.05) is 51.9 Å². The van der Waals surface area contributed by atoms with E-state index in [0.717, 1.165) is 69.6 Å². The van der Waals surface area contributed by atoms with Gasteiger partial charge in [0.15, 0.2) is 5.96 Å². The molecule has 154 valence electrons. The Balaban J connectivity index is 1.47. The van der Waals surface area contributed by atoms with E-state index in [1.54, 1.807) is 6.26 Å². The molecule has 7 heteroatoms. The van der Waals surface area contributed by atoms with Crippen molar-refractivity contribution in [3.8, 4) is 18.1 Å². The van der Waals surface area contributed by atoms with Crippen LogP contribution in [0.5, 0.6) is 5.75 Å². The summed E-state index contributed by atoms with van der Waals surface area (Å²) in [7, 11) is 0. The van der Waals surface area contributed by atoms with Gasteiger partial charge in [-0.15, -0.1) is 6.42 Å². The van der Waals surface area contributed by atoms with Crippen LogP contribution in [0.4, 0.5) is 0 Å². The number of hydrogen-bond acceptors (Lipinski definition) is 5. The van der Waals surface area contributed by atoms with E-state index in [1.807, 2.05) is 18.2 Å². The number of rotatable bonds is 8. The van der Waals surface area contributed by atoms with Gasteiger partial charge in [-0.2, -0.15) is 0 Å². The van der Waals surface area contributed by atoms with Crippen LogP contribution in [0, 0.1) is 12.3 Å². The second-order valence-electron chi connectivity index (χ2n) is 6.88. The van der Waals surface area contributed by atoms with Crippen molar-refractivity contribution in [3.05, 3.63) is 47.9 Å². The van der Waals surface area contributed by atoms with Crippen molar-refractivity contribution >= 4 is 5.96 Å². The van der Waals surface area contributed by atoms with Crippen molar-refractivity contribution in [2.75, 3.05) is 45.9 Å². The molecular weight excluding hydrogens is 366 g/mol. The number of aliphatic imine (C=N–C) groups is 1. The van der Waals surface area contributed by atoms with Gasteiger partial charge in [0.25, 0.3) is 0 Å². The summed E-state index contributed by atoms with van der Waals surface area (Å²) in [4.78, 5) is 9.56. The first-order valence-corrected chi connectivity index (χ1v) is 10.1. The molecule has 0 unspecified atom stereocenters. The molecule has 0 radical (unpaired) electrons. The van der Waals surface area contributed by atoms with Crippen LogP contribution in [0.15, 0.2) is 46.1 Å². The largest absolute Gasteiger partial charge is 0.481 e. The Morgan fingerprint density at radius 2 is 2.03 bits per heavy atom. The summed E-state index contributed by atoms with van der Waals surface area (Å²) in [5.74, 6) is 4.26. The molecule has 1 aliphatic rings. The lowest BCUT2D eigenvalue weighted by Crippen LogP contribution is -2.52. The Kier molecular flexibility index (Phi) is 7.96. The molecule has 0 amide bonds. The molecule has 0 aliphatic carbocycles. The zero-order valence-corrected chi connectivity index (χ0v) is 17.0. The summed E-state index contributed by atoms with van der Waals surface area (Å²) < 4.78 is 10.3. The van der Waals surface area contributed by atoms with Gasteiger partial charge in [-0.1, -0.05) is 23.2 Å². The standard InChI is InChI=1S/C22H29N5O2/c1-3-16-28-21-7-5-19(6-8-21)9-11-24-22(23-4-2)27-14-12-26(13-15-27)18-20-10-17-29-25-20/h1,5-8,10,17H,4,9,11-16,18H2,2H3,(H,23,24). The highest BCUT2D eigenvalue weighted by molar-refractivity contribution is 5.80. The third kappa shape index (κ3) is 6.54. The number of ether oxygens (including phenoxy) is 1. The number of benzene rings is 1. The van der Waals surface area contributed by atoms with Gasteiger partial charge < -0.3 is 19.5 Å². The zero-order chi connectivity index (χ0) is 20.3. The molecule has 1 aromatic heterocycles. The fourth-order valence-corrected chi connectivity index (χ4v) is 3.26. The van der Waals surface area contributed by atoms with E-state index in [9.17, 15) is 0 Å². The monoisotopic (exact) mass is 395 g/mol. The second-order valence-corrected chi connectivity index (χ2v) is 6.88. The van der Waals surface area contributed by atoms with Crippen molar-refractivity contribution in [2.45, 2.75) is 19.9 Å². The Labute approximate surface area is 172 Å². The highest BCUT2D eigenvalue weighted by atomic mass is 16.5. The summed E-state index contributed by atoms with van der Waals surface area (Å²) in [6, 6.07) is 9.96. The summed E-state index contributed by atoms with van der Waals surface area (Å²) in [6.45, 7) is 8.69. The number of piperazine rings is 1. The van der Waals surface area contributed by atoms with E-state index in [1.165, 1.54) is 5.56 Å². The van der Waals surface area contributed by atoms with E-state index in [4.69, 9.17) is 20.7 Å². The lowest BCUT2D eigenvalue weighted by atomic mass is 10.1. The van der Waals surface area contributed by atoms with Crippen molar-refractivity contribution in [3.63, 3.8) is 0 Å². The lowest BCUT2D eigenvalue weighted by molar-refractivity contribution is 0.169. The normalized spacial score (nSPS) is 15.2. The van der Waals surface area contributed by atoms with Gasteiger partial charge in [0.05, 0.1) is 5.69 Å². The average molecular weight is 396 g/mol. The molecule has 0 spiro atoms. The third-order valence-corrected chi connectivity index (χ3v) is 4.79. The van der Waals surface area contributed by atoms with Crippen molar-refractivity contribution < 1.29 is 9.26 Å². The molecule has 1 aliphatic heterocycles. The second kappa shape index (κ2) is 11.1. The number of hydrogen-bond donors (Lipinski definition) is 1. The highest BCUT2D eigenvalue weighted by Crippen LogP contribution is 2.13. The van der Waals surface area contributed by atoms with Crippen LogP contribution in [0.2, 0.25) is 0 Å². The lowest BCUT2D eigenvalue weighted by Gasteiger charge is -2.36. The molecule has 7 nitrogen and oxygen atoms in total. The van der Waals surface area contributed by atoms with E-state index in [2.05, 4.69) is 45.3 Å². The molecule has 2 heterocycles. The Morgan fingerprint density at radius 3 is 2.69 bits per heavy atom. The maximum absolute atomic E-state index is 5.41. The molecule has 1 fully saturated rings. The molecule has 0 saturated carbocycles. The summed E-state index contributed by atoms with van der Waals surface area (Å²) in [5, 5.41) is 7.42. The first kappa shape index (κ1) is 20.7. The first-order chi connectivity index (χ1) is 14.3. The summed E-state index contributed by atoms with van der Waals surface area (Å²) in [5.41, 5.74) is 2.21. The SMILES string of the molecule is C#CCOc1ccc(CCN=C(NCC)N2CCN(Cc3ccon3)CC2)cc1. The zero-order valence-electron chi connectivity index (χ0n) is 17.0. The van der Waals surface area contributed by atoms with Crippen LogP contribution in [0.25, 0.3) is 0 Å². The van der Waals surface area contributed by atoms with Gasteiger partial charge >= 0.3 is 0 Å². The fraction of sp³-hybridized carbons (Fsp3) is 0.455. The minimum Gasteiger partial charge on any atom is -0.481 e. The van der Waals surface area contributed by atoms with Crippen LogP contribution in [0.1, 0.15) is 18.2 Å². The number of nitrogens with zero attached hydrogens (tertiary/aromatic N) is 4. The molecule has 1 saturated heterocycles. The van der Waals surface area contributed by atoms with Crippen LogP contribution >= 0.6 is 0 Å². The van der Waals surface area contributed by atoms with Crippen molar-refractivity contribution in [1.29, 1.82) is 0 Å². The van der Waals surface area contributed by atoms with Crippen LogP contribution < -0.4 is 10.1 Å². The Bertz CT molecular complexity index is 788. The van der Waals surface area contributed by atoms with Crippen LogP contribution in [-0.4, -0.2) is 66.8 Å². The van der Waals surface area contributed by atoms with Gasteiger partial charge in [-0.05, 0) is 31.0 Å². The average Bonchev–Trinajstić information content (AvgIpc) is 3.26. The molecule has 0 bridgehead atoms. The van der Waals surface area contributed by atoms with E-state index >= 15 is 0 Å². The predicted molar refractivity (Wildman–Crippen MR) is 114 cm³/mol. The summed E-state index contributed by atoms with van der Waals surface area (Å²) in [6.07, 6.45) is 7.73. The van der Waals surface area contributed by atoms with Gasteiger partial charge in [0.1, 0.15) is 18.6 Å². The van der Waals surface area contributed by atoms with Crippen LogP contribution in [0.3, 0.4) is 0 Å². The van der Waals surface area contributed by atoms with E-state index in [0.29, 0.717) is 6.61 Å². The Morgan fingerprint density at radius 1 is 1.24 bits per heavy atom. The van der Waals surface area contributed by atoms with Gasteiger partial charge in [0.2, 0.25) is 0 Å². The minimum atomic E-state index is 0.293. The highest BCUT2D eigenvalue weighted by Gasteiger charge is 2.20. The topological polar surface area (TPSA) is 66.1 Å². The number of guanidine groups is 1. The quantitative estimate of drug-likeness (QED) is 0.419. The van der Waals surface area contributed by atoms with Crippen molar-refractivity contribution in [2.24, 2.45) is 4.99 Å². The molecule has 1 aromatic carbocycles. The maximum atomic E-state index is 5.41. The molecule has 0 atom stereocenters. The van der Waals surface area contributed by atoms with Crippen LogP contribution in [-0.2, 0) is 13.0 Å². The molecular formula is C22H29N5O2. The summed E-state index contributed by atoms with van der Waals surface area (Å²) >= 11 is 0. The molecule has 2 aromatic rings.